The van der Waals surface area contributed by atoms with Crippen molar-refractivity contribution in [2.75, 3.05) is 17.7 Å². The maximum Gasteiger partial charge on any atom is 0.294 e. The van der Waals surface area contributed by atoms with E-state index in [2.05, 4.69) is 15.8 Å². The van der Waals surface area contributed by atoms with Crippen molar-refractivity contribution in [1.82, 2.24) is 5.16 Å². The number of methoxy groups -OCH3 is 1. The van der Waals surface area contributed by atoms with Crippen molar-refractivity contribution in [3.8, 4) is 17.0 Å². The number of ether oxygens (including phenoxy) is 1. The van der Waals surface area contributed by atoms with Gasteiger partial charge in [0.25, 0.3) is 11.8 Å². The van der Waals surface area contributed by atoms with E-state index >= 15 is 0 Å². The number of hydrogen-bond acceptors (Lipinski definition) is 5. The topological polar surface area (TPSA) is 93.5 Å². The predicted molar refractivity (Wildman–Crippen MR) is 117 cm³/mol. The number of anilines is 2. The zero-order valence-corrected chi connectivity index (χ0v) is 17.0. The van der Waals surface area contributed by atoms with E-state index in [9.17, 15) is 14.0 Å². The predicted octanol–water partition coefficient (Wildman–Crippen LogP) is 4.99. The fourth-order valence-electron chi connectivity index (χ4n) is 3.03. The van der Waals surface area contributed by atoms with Crippen LogP contribution in [-0.2, 0) is 0 Å². The molecule has 0 aliphatic carbocycles. The van der Waals surface area contributed by atoms with Crippen molar-refractivity contribution in [3.05, 3.63) is 96.0 Å². The molecule has 0 unspecified atom stereocenters. The fraction of sp³-hybridized carbons (Fsp3) is 0.0417. The molecule has 1 aromatic heterocycles. The average Bonchev–Trinajstić information content (AvgIpc) is 3.30. The fourth-order valence-corrected chi connectivity index (χ4v) is 3.03. The molecule has 0 aliphatic heterocycles. The van der Waals surface area contributed by atoms with Gasteiger partial charge in [-0.3, -0.25) is 9.59 Å². The molecule has 0 aliphatic rings. The summed E-state index contributed by atoms with van der Waals surface area (Å²) in [5.41, 5.74) is 2.21. The zero-order valence-electron chi connectivity index (χ0n) is 17.0. The van der Waals surface area contributed by atoms with Gasteiger partial charge in [-0.25, -0.2) is 4.39 Å². The monoisotopic (exact) mass is 431 g/mol. The zero-order chi connectivity index (χ0) is 22.5. The van der Waals surface area contributed by atoms with Crippen molar-refractivity contribution in [3.63, 3.8) is 0 Å². The quantitative estimate of drug-likeness (QED) is 0.448. The maximum absolute atomic E-state index is 13.4. The van der Waals surface area contributed by atoms with Crippen molar-refractivity contribution in [2.45, 2.75) is 0 Å². The van der Waals surface area contributed by atoms with E-state index in [0.717, 1.165) is 11.6 Å². The summed E-state index contributed by atoms with van der Waals surface area (Å²) in [7, 11) is 1.45. The summed E-state index contributed by atoms with van der Waals surface area (Å²) in [5, 5.41) is 9.29. The first-order valence-corrected chi connectivity index (χ1v) is 9.62. The third kappa shape index (κ3) is 4.65. The van der Waals surface area contributed by atoms with Gasteiger partial charge >= 0.3 is 0 Å². The molecule has 0 spiro atoms. The van der Waals surface area contributed by atoms with Gasteiger partial charge in [0, 0.05) is 22.9 Å². The number of carbonyl (C=O) groups is 2. The smallest absolute Gasteiger partial charge is 0.294 e. The van der Waals surface area contributed by atoms with Crippen LogP contribution in [0.3, 0.4) is 0 Å². The summed E-state index contributed by atoms with van der Waals surface area (Å²) in [6.45, 7) is 0. The molecule has 3 aromatic carbocycles. The molecule has 4 rings (SSSR count). The summed E-state index contributed by atoms with van der Waals surface area (Å²) in [4.78, 5) is 25.1. The van der Waals surface area contributed by atoms with Crippen LogP contribution >= 0.6 is 0 Å². The minimum atomic E-state index is -0.521. The van der Waals surface area contributed by atoms with Gasteiger partial charge in [0.15, 0.2) is 0 Å². The second kappa shape index (κ2) is 9.13. The van der Waals surface area contributed by atoms with Crippen molar-refractivity contribution in [1.29, 1.82) is 0 Å². The van der Waals surface area contributed by atoms with E-state index in [0.29, 0.717) is 22.8 Å². The Morgan fingerprint density at radius 3 is 2.47 bits per heavy atom. The maximum atomic E-state index is 13.4. The molecule has 32 heavy (non-hydrogen) atoms. The van der Waals surface area contributed by atoms with Gasteiger partial charge in [-0.1, -0.05) is 41.6 Å². The molecule has 160 valence electrons. The highest BCUT2D eigenvalue weighted by Gasteiger charge is 2.16. The molecule has 2 N–H and O–H groups in total. The Kier molecular flexibility index (Phi) is 5.94. The van der Waals surface area contributed by atoms with Gasteiger partial charge in [0.1, 0.15) is 17.3 Å². The van der Waals surface area contributed by atoms with E-state index in [-0.39, 0.29) is 11.3 Å². The van der Waals surface area contributed by atoms with E-state index in [4.69, 9.17) is 9.26 Å². The van der Waals surface area contributed by atoms with Crippen LogP contribution in [0, 0.1) is 5.82 Å². The highest BCUT2D eigenvalue weighted by Crippen LogP contribution is 2.29. The Bertz CT molecular complexity index is 1270. The third-order valence-electron chi connectivity index (χ3n) is 4.60. The Labute approximate surface area is 182 Å². The van der Waals surface area contributed by atoms with Gasteiger partial charge in [-0.2, -0.15) is 0 Å². The molecular weight excluding hydrogens is 413 g/mol. The van der Waals surface area contributed by atoms with Crippen LogP contribution in [0.4, 0.5) is 15.8 Å². The molecule has 2 amide bonds. The lowest BCUT2D eigenvalue weighted by atomic mass is 10.1. The first-order valence-electron chi connectivity index (χ1n) is 9.62. The average molecular weight is 431 g/mol. The van der Waals surface area contributed by atoms with Crippen LogP contribution in [0.25, 0.3) is 11.3 Å². The highest BCUT2D eigenvalue weighted by atomic mass is 19.1. The van der Waals surface area contributed by atoms with E-state index in [1.165, 1.54) is 31.4 Å². The molecule has 0 saturated heterocycles. The number of rotatable bonds is 6. The lowest BCUT2D eigenvalue weighted by Crippen LogP contribution is -2.14. The van der Waals surface area contributed by atoms with Crippen molar-refractivity contribution < 1.29 is 23.2 Å². The Morgan fingerprint density at radius 2 is 1.72 bits per heavy atom. The molecule has 0 radical (unpaired) electrons. The first kappa shape index (κ1) is 20.8. The standard InChI is InChI=1S/C24H18FN3O4/c1-31-21-11-10-18(13-20(21)27-23(29)16-8-5-9-17(25)12-16)26-24(30)22-14-19(28-32-22)15-6-3-2-4-7-15/h2-14H,1H3,(H,26,30)(H,27,29). The van der Waals surface area contributed by atoms with Gasteiger partial charge in [0.05, 0.1) is 12.8 Å². The van der Waals surface area contributed by atoms with E-state index in [1.54, 1.807) is 18.2 Å². The van der Waals surface area contributed by atoms with Gasteiger partial charge in [-0.15, -0.1) is 0 Å². The molecule has 0 fully saturated rings. The number of carbonyl (C=O) groups excluding carboxylic acids is 2. The molecule has 1 heterocycles. The minimum absolute atomic E-state index is 0.0324. The lowest BCUT2D eigenvalue weighted by Gasteiger charge is -2.12. The number of hydrogen-bond donors (Lipinski definition) is 2. The third-order valence-corrected chi connectivity index (χ3v) is 4.60. The number of aromatic nitrogens is 1. The van der Waals surface area contributed by atoms with Crippen LogP contribution in [0.2, 0.25) is 0 Å². The molecule has 7 nitrogen and oxygen atoms in total. The van der Waals surface area contributed by atoms with E-state index in [1.807, 2.05) is 30.3 Å². The van der Waals surface area contributed by atoms with Crippen molar-refractivity contribution in [2.24, 2.45) is 0 Å². The van der Waals surface area contributed by atoms with Gasteiger partial charge in [-0.05, 0) is 36.4 Å². The number of nitrogens with one attached hydrogen (secondary N) is 2. The van der Waals surface area contributed by atoms with Crippen LogP contribution < -0.4 is 15.4 Å². The SMILES string of the molecule is COc1ccc(NC(=O)c2cc(-c3ccccc3)no2)cc1NC(=O)c1cccc(F)c1. The largest absolute Gasteiger partial charge is 0.495 e. The molecule has 0 atom stereocenters. The summed E-state index contributed by atoms with van der Waals surface area (Å²) < 4.78 is 23.9. The number of benzene rings is 3. The second-order valence-electron chi connectivity index (χ2n) is 6.78. The minimum Gasteiger partial charge on any atom is -0.495 e. The Balaban J connectivity index is 1.51. The lowest BCUT2D eigenvalue weighted by molar-refractivity contribution is 0.0986. The van der Waals surface area contributed by atoms with E-state index < -0.39 is 17.6 Å². The van der Waals surface area contributed by atoms with Crippen LogP contribution in [0.5, 0.6) is 5.75 Å². The summed E-state index contributed by atoms with van der Waals surface area (Å²) in [6.07, 6.45) is 0. The number of halogens is 1. The normalized spacial score (nSPS) is 10.4. The summed E-state index contributed by atoms with van der Waals surface area (Å²) >= 11 is 0. The molecule has 8 heteroatoms. The van der Waals surface area contributed by atoms with Crippen LogP contribution in [0.15, 0.2) is 83.4 Å². The molecule has 0 bridgehead atoms. The van der Waals surface area contributed by atoms with Crippen LogP contribution in [-0.4, -0.2) is 24.1 Å². The second-order valence-corrected chi connectivity index (χ2v) is 6.78. The van der Waals surface area contributed by atoms with Gasteiger partial charge < -0.3 is 19.9 Å². The summed E-state index contributed by atoms with van der Waals surface area (Å²) in [6, 6.07) is 20.9. The molecule has 4 aromatic rings. The van der Waals surface area contributed by atoms with Gasteiger partial charge in [0.2, 0.25) is 5.76 Å². The highest BCUT2D eigenvalue weighted by molar-refractivity contribution is 6.06. The number of nitrogens with zero attached hydrogens (tertiary/aromatic N) is 1. The first-order chi connectivity index (χ1) is 15.5. The Hall–Kier alpha value is -4.46. The summed E-state index contributed by atoms with van der Waals surface area (Å²) in [5.74, 6) is -1.14. The van der Waals surface area contributed by atoms with Crippen molar-refractivity contribution >= 4 is 23.2 Å². The molecule has 0 saturated carbocycles. The Morgan fingerprint density at radius 1 is 0.906 bits per heavy atom. The number of amides is 2. The van der Waals surface area contributed by atoms with Crippen LogP contribution in [0.1, 0.15) is 20.9 Å². The molecular formula is C24H18FN3O4.